The van der Waals surface area contributed by atoms with E-state index in [-0.39, 0.29) is 5.91 Å². The van der Waals surface area contributed by atoms with Gasteiger partial charge in [0.1, 0.15) is 0 Å². The molecule has 1 N–H and O–H groups in total. The molecule has 1 rings (SSSR count). The molecule has 4 nitrogen and oxygen atoms in total. The van der Waals surface area contributed by atoms with Crippen LogP contribution in [0.2, 0.25) is 0 Å². The van der Waals surface area contributed by atoms with E-state index >= 15 is 0 Å². The molecule has 16 heavy (non-hydrogen) atoms. The molecule has 0 radical (unpaired) electrons. The van der Waals surface area contributed by atoms with Gasteiger partial charge in [0.05, 0.1) is 11.3 Å². The monoisotopic (exact) mass is 221 g/mol. The van der Waals surface area contributed by atoms with Crippen LogP contribution in [0.25, 0.3) is 0 Å². The fourth-order valence-corrected chi connectivity index (χ4v) is 1.38. The first-order chi connectivity index (χ1) is 7.56. The predicted octanol–water partition coefficient (Wildman–Crippen LogP) is 1.91. The van der Waals surface area contributed by atoms with Gasteiger partial charge in [0.15, 0.2) is 0 Å². The van der Waals surface area contributed by atoms with Crippen LogP contribution >= 0.6 is 0 Å². The normalized spacial score (nSPS) is 10.0. The maximum atomic E-state index is 11.9. The number of anilines is 1. The van der Waals surface area contributed by atoms with Crippen molar-refractivity contribution >= 4 is 11.6 Å². The lowest BCUT2D eigenvalue weighted by atomic mass is 10.2. The highest BCUT2D eigenvalue weighted by Gasteiger charge is 2.13. The fourth-order valence-electron chi connectivity index (χ4n) is 1.38. The van der Waals surface area contributed by atoms with Gasteiger partial charge in [0.25, 0.3) is 5.91 Å². The molecule has 0 unspecified atom stereocenters. The lowest BCUT2D eigenvalue weighted by molar-refractivity contribution is 0.0828. The molecule has 0 aliphatic rings. The van der Waals surface area contributed by atoms with Gasteiger partial charge in [0.2, 0.25) is 0 Å². The number of amides is 1. The van der Waals surface area contributed by atoms with Gasteiger partial charge in [-0.1, -0.05) is 6.92 Å². The van der Waals surface area contributed by atoms with Crippen molar-refractivity contribution in [3.63, 3.8) is 0 Å². The third kappa shape index (κ3) is 2.95. The lowest BCUT2D eigenvalue weighted by Crippen LogP contribution is -2.23. The topological polar surface area (TPSA) is 45.2 Å². The zero-order chi connectivity index (χ0) is 12.1. The van der Waals surface area contributed by atoms with Crippen molar-refractivity contribution in [2.24, 2.45) is 0 Å². The molecule has 0 aliphatic heterocycles. The van der Waals surface area contributed by atoms with E-state index in [2.05, 4.69) is 17.2 Å². The van der Waals surface area contributed by atoms with E-state index in [1.165, 1.54) is 0 Å². The van der Waals surface area contributed by atoms with Crippen LogP contribution in [0.3, 0.4) is 0 Å². The van der Waals surface area contributed by atoms with E-state index in [1.54, 1.807) is 25.2 Å². The van der Waals surface area contributed by atoms with Crippen LogP contribution in [0, 0.1) is 6.92 Å². The van der Waals surface area contributed by atoms with Crippen LogP contribution in [0.4, 0.5) is 5.69 Å². The maximum Gasteiger partial charge on any atom is 0.257 e. The molecular formula is C12H19N3O. The molecule has 0 fully saturated rings. The van der Waals surface area contributed by atoms with Gasteiger partial charge in [-0.2, -0.15) is 0 Å². The summed E-state index contributed by atoms with van der Waals surface area (Å²) >= 11 is 0. The SMILES string of the molecule is CCCNc1cc(C)ncc1C(=O)N(C)C. The standard InChI is InChI=1S/C12H19N3O/c1-5-6-13-11-7-9(2)14-8-10(11)12(16)15(3)4/h7-8H,5-6H2,1-4H3,(H,13,14). The van der Waals surface area contributed by atoms with E-state index in [0.717, 1.165) is 24.3 Å². The molecule has 0 aromatic carbocycles. The second-order valence-electron chi connectivity index (χ2n) is 4.00. The summed E-state index contributed by atoms with van der Waals surface area (Å²) in [5, 5.41) is 3.25. The second kappa shape index (κ2) is 5.49. The minimum Gasteiger partial charge on any atom is -0.384 e. The highest BCUT2D eigenvalue weighted by molar-refractivity contribution is 5.99. The van der Waals surface area contributed by atoms with Crippen molar-refractivity contribution in [2.75, 3.05) is 26.0 Å². The summed E-state index contributed by atoms with van der Waals surface area (Å²) in [6.45, 7) is 4.87. The molecule has 0 atom stereocenters. The van der Waals surface area contributed by atoms with Crippen molar-refractivity contribution in [1.29, 1.82) is 0 Å². The number of pyridine rings is 1. The van der Waals surface area contributed by atoms with Crippen molar-refractivity contribution in [3.05, 3.63) is 23.5 Å². The average molecular weight is 221 g/mol. The zero-order valence-electron chi connectivity index (χ0n) is 10.4. The van der Waals surface area contributed by atoms with Gasteiger partial charge in [-0.15, -0.1) is 0 Å². The van der Waals surface area contributed by atoms with E-state index < -0.39 is 0 Å². The molecule has 1 heterocycles. The molecule has 1 aromatic heterocycles. The van der Waals surface area contributed by atoms with Crippen LogP contribution in [-0.2, 0) is 0 Å². The summed E-state index contributed by atoms with van der Waals surface area (Å²) in [6.07, 6.45) is 2.66. The van der Waals surface area contributed by atoms with E-state index in [1.807, 2.05) is 13.0 Å². The summed E-state index contributed by atoms with van der Waals surface area (Å²) < 4.78 is 0. The molecular weight excluding hydrogens is 202 g/mol. The summed E-state index contributed by atoms with van der Waals surface area (Å²) in [6, 6.07) is 1.91. The molecule has 88 valence electrons. The summed E-state index contributed by atoms with van der Waals surface area (Å²) in [4.78, 5) is 17.6. The van der Waals surface area contributed by atoms with Crippen LogP contribution in [-0.4, -0.2) is 36.4 Å². The number of hydrogen-bond acceptors (Lipinski definition) is 3. The Hall–Kier alpha value is -1.58. The third-order valence-corrected chi connectivity index (χ3v) is 2.24. The molecule has 0 saturated carbocycles. The van der Waals surface area contributed by atoms with Crippen LogP contribution in [0.5, 0.6) is 0 Å². The Morgan fingerprint density at radius 3 is 2.75 bits per heavy atom. The van der Waals surface area contributed by atoms with Crippen molar-refractivity contribution in [2.45, 2.75) is 20.3 Å². The quantitative estimate of drug-likeness (QED) is 0.844. The van der Waals surface area contributed by atoms with Gasteiger partial charge in [-0.3, -0.25) is 9.78 Å². The number of nitrogens with one attached hydrogen (secondary N) is 1. The van der Waals surface area contributed by atoms with Crippen LogP contribution in [0.1, 0.15) is 29.4 Å². The Kier molecular flexibility index (Phi) is 4.28. The second-order valence-corrected chi connectivity index (χ2v) is 4.00. The van der Waals surface area contributed by atoms with Gasteiger partial charge >= 0.3 is 0 Å². The average Bonchev–Trinajstić information content (AvgIpc) is 2.25. The third-order valence-electron chi connectivity index (χ3n) is 2.24. The number of rotatable bonds is 4. The minimum absolute atomic E-state index is 0.0221. The molecule has 0 bridgehead atoms. The number of aryl methyl sites for hydroxylation is 1. The van der Waals surface area contributed by atoms with Gasteiger partial charge in [-0.25, -0.2) is 0 Å². The molecule has 1 aromatic rings. The van der Waals surface area contributed by atoms with E-state index in [9.17, 15) is 4.79 Å². The Labute approximate surface area is 96.7 Å². The largest absolute Gasteiger partial charge is 0.384 e. The molecule has 0 aliphatic carbocycles. The van der Waals surface area contributed by atoms with E-state index in [4.69, 9.17) is 0 Å². The molecule has 4 heteroatoms. The Morgan fingerprint density at radius 2 is 2.19 bits per heavy atom. The predicted molar refractivity (Wildman–Crippen MR) is 65.8 cm³/mol. The van der Waals surface area contributed by atoms with Gasteiger partial charge in [-0.05, 0) is 19.4 Å². The number of nitrogens with zero attached hydrogens (tertiary/aromatic N) is 2. The molecule has 0 spiro atoms. The lowest BCUT2D eigenvalue weighted by Gasteiger charge is -2.15. The van der Waals surface area contributed by atoms with Gasteiger partial charge in [0, 0.05) is 32.5 Å². The van der Waals surface area contributed by atoms with Crippen molar-refractivity contribution < 1.29 is 4.79 Å². The minimum atomic E-state index is -0.0221. The van der Waals surface area contributed by atoms with Crippen LogP contribution in [0.15, 0.2) is 12.3 Å². The fraction of sp³-hybridized carbons (Fsp3) is 0.500. The Balaban J connectivity index is 3.02. The highest BCUT2D eigenvalue weighted by Crippen LogP contribution is 2.17. The number of hydrogen-bond donors (Lipinski definition) is 1. The first kappa shape index (κ1) is 12.5. The Morgan fingerprint density at radius 1 is 1.50 bits per heavy atom. The number of carbonyl (C=O) groups excluding carboxylic acids is 1. The summed E-state index contributed by atoms with van der Waals surface area (Å²) in [5.41, 5.74) is 2.41. The molecule has 0 saturated heterocycles. The summed E-state index contributed by atoms with van der Waals surface area (Å²) in [7, 11) is 3.48. The first-order valence-corrected chi connectivity index (χ1v) is 5.48. The number of carbonyl (C=O) groups is 1. The maximum absolute atomic E-state index is 11.9. The van der Waals surface area contributed by atoms with E-state index in [0.29, 0.717) is 5.56 Å². The van der Waals surface area contributed by atoms with Crippen LogP contribution < -0.4 is 5.32 Å². The van der Waals surface area contributed by atoms with Crippen molar-refractivity contribution in [1.82, 2.24) is 9.88 Å². The zero-order valence-corrected chi connectivity index (χ0v) is 10.4. The highest BCUT2D eigenvalue weighted by atomic mass is 16.2. The summed E-state index contributed by atoms with van der Waals surface area (Å²) in [5.74, 6) is -0.0221. The molecule has 1 amide bonds. The van der Waals surface area contributed by atoms with Gasteiger partial charge < -0.3 is 10.2 Å². The first-order valence-electron chi connectivity index (χ1n) is 5.48. The smallest absolute Gasteiger partial charge is 0.257 e. The number of aromatic nitrogens is 1. The van der Waals surface area contributed by atoms with Crippen molar-refractivity contribution in [3.8, 4) is 0 Å². The Bertz CT molecular complexity index is 375.